The van der Waals surface area contributed by atoms with Crippen LogP contribution in [0.1, 0.15) is 17.9 Å². The zero-order chi connectivity index (χ0) is 8.55. The number of rotatable bonds is 2. The van der Waals surface area contributed by atoms with Gasteiger partial charge in [0.15, 0.2) is 0 Å². The lowest BCUT2D eigenvalue weighted by atomic mass is 10.1. The summed E-state index contributed by atoms with van der Waals surface area (Å²) in [6, 6.07) is 10.1. The van der Waals surface area contributed by atoms with Gasteiger partial charge in [-0.05, 0) is 17.9 Å². The molecular weight excluding hydrogens is 150 g/mol. The Morgan fingerprint density at radius 1 is 1.33 bits per heavy atom. The highest BCUT2D eigenvalue weighted by Gasteiger charge is 2.42. The predicted octanol–water partition coefficient (Wildman–Crippen LogP) is 1.28. The summed E-state index contributed by atoms with van der Waals surface area (Å²) in [6.07, 6.45) is 0.930. The quantitative estimate of drug-likeness (QED) is 0.697. The van der Waals surface area contributed by atoms with Crippen molar-refractivity contribution in [3.63, 3.8) is 0 Å². The topological polar surface area (TPSA) is 43.1 Å². The minimum Gasteiger partial charge on any atom is -0.369 e. The molecule has 0 radical (unpaired) electrons. The van der Waals surface area contributed by atoms with Crippen molar-refractivity contribution < 1.29 is 4.79 Å². The normalized spacial score (nSPS) is 26.7. The Bertz CT molecular complexity index is 294. The lowest BCUT2D eigenvalue weighted by Crippen LogP contribution is -2.13. The summed E-state index contributed by atoms with van der Waals surface area (Å²) in [5, 5.41) is 0. The molecule has 0 heterocycles. The van der Waals surface area contributed by atoms with Crippen LogP contribution in [-0.4, -0.2) is 5.91 Å². The molecule has 2 heteroatoms. The van der Waals surface area contributed by atoms with Crippen LogP contribution >= 0.6 is 0 Å². The zero-order valence-electron chi connectivity index (χ0n) is 6.73. The summed E-state index contributed by atoms with van der Waals surface area (Å²) in [6.45, 7) is 0. The molecule has 2 N–H and O–H groups in total. The summed E-state index contributed by atoms with van der Waals surface area (Å²) >= 11 is 0. The van der Waals surface area contributed by atoms with E-state index in [1.807, 2.05) is 30.3 Å². The maximum Gasteiger partial charge on any atom is 0.221 e. The van der Waals surface area contributed by atoms with E-state index < -0.39 is 0 Å². The summed E-state index contributed by atoms with van der Waals surface area (Å²) in [5.74, 6) is 0.319. The summed E-state index contributed by atoms with van der Waals surface area (Å²) in [5.41, 5.74) is 6.42. The third-order valence-electron chi connectivity index (χ3n) is 2.38. The molecule has 2 atom stereocenters. The number of benzene rings is 1. The first kappa shape index (κ1) is 7.35. The standard InChI is InChI=1S/C10H11NO/c11-10(12)9-6-8(9)7-4-2-1-3-5-7/h1-5,8-9H,6H2,(H2,11,12)/t8-,9?/m1/s1. The first-order chi connectivity index (χ1) is 5.79. The lowest BCUT2D eigenvalue weighted by molar-refractivity contribution is -0.119. The molecule has 1 unspecified atom stereocenters. The van der Waals surface area contributed by atoms with Crippen LogP contribution in [0.15, 0.2) is 30.3 Å². The van der Waals surface area contributed by atoms with Crippen molar-refractivity contribution in [2.45, 2.75) is 12.3 Å². The van der Waals surface area contributed by atoms with Crippen molar-refractivity contribution >= 4 is 5.91 Å². The highest BCUT2D eigenvalue weighted by atomic mass is 16.1. The third-order valence-corrected chi connectivity index (χ3v) is 2.38. The molecule has 1 aromatic carbocycles. The Morgan fingerprint density at radius 3 is 2.50 bits per heavy atom. The van der Waals surface area contributed by atoms with Crippen molar-refractivity contribution in [3.05, 3.63) is 35.9 Å². The molecule has 0 saturated heterocycles. The van der Waals surface area contributed by atoms with Gasteiger partial charge in [0, 0.05) is 5.92 Å². The van der Waals surface area contributed by atoms with Crippen LogP contribution in [0, 0.1) is 5.92 Å². The molecule has 0 bridgehead atoms. The number of hydrogen-bond donors (Lipinski definition) is 1. The molecule has 0 spiro atoms. The Labute approximate surface area is 71.4 Å². The van der Waals surface area contributed by atoms with Gasteiger partial charge in [-0.2, -0.15) is 0 Å². The molecule has 2 nitrogen and oxygen atoms in total. The van der Waals surface area contributed by atoms with Crippen LogP contribution in [0.25, 0.3) is 0 Å². The van der Waals surface area contributed by atoms with E-state index in [0.29, 0.717) is 5.92 Å². The van der Waals surface area contributed by atoms with Gasteiger partial charge in [0.1, 0.15) is 0 Å². The SMILES string of the molecule is NC(=O)C1C[C@@H]1c1ccccc1. The van der Waals surface area contributed by atoms with E-state index in [2.05, 4.69) is 0 Å². The van der Waals surface area contributed by atoms with Gasteiger partial charge >= 0.3 is 0 Å². The fourth-order valence-electron chi connectivity index (χ4n) is 1.58. The molecule has 62 valence electrons. The van der Waals surface area contributed by atoms with Crippen molar-refractivity contribution in [2.24, 2.45) is 11.7 Å². The minimum absolute atomic E-state index is 0.0902. The molecule has 1 amide bonds. The van der Waals surface area contributed by atoms with Crippen LogP contribution in [-0.2, 0) is 4.79 Å². The molecule has 12 heavy (non-hydrogen) atoms. The fourth-order valence-corrected chi connectivity index (χ4v) is 1.58. The minimum atomic E-state index is -0.163. The van der Waals surface area contributed by atoms with E-state index in [1.165, 1.54) is 5.56 Å². The molecule has 2 rings (SSSR count). The van der Waals surface area contributed by atoms with Crippen LogP contribution in [0.5, 0.6) is 0 Å². The maximum atomic E-state index is 10.8. The van der Waals surface area contributed by atoms with E-state index in [9.17, 15) is 4.79 Å². The first-order valence-corrected chi connectivity index (χ1v) is 4.13. The molecule has 1 fully saturated rings. The van der Waals surface area contributed by atoms with Crippen molar-refractivity contribution in [2.75, 3.05) is 0 Å². The second-order valence-corrected chi connectivity index (χ2v) is 3.26. The van der Waals surface area contributed by atoms with E-state index >= 15 is 0 Å². The average Bonchev–Trinajstić information content (AvgIpc) is 2.84. The van der Waals surface area contributed by atoms with Gasteiger partial charge in [-0.3, -0.25) is 4.79 Å². The molecule has 1 aromatic rings. The van der Waals surface area contributed by atoms with Crippen molar-refractivity contribution in [1.82, 2.24) is 0 Å². The molecular formula is C10H11NO. The van der Waals surface area contributed by atoms with Gasteiger partial charge < -0.3 is 5.73 Å². The molecule has 1 aliphatic rings. The number of carbonyl (C=O) groups excluding carboxylic acids is 1. The van der Waals surface area contributed by atoms with Gasteiger partial charge in [-0.15, -0.1) is 0 Å². The smallest absolute Gasteiger partial charge is 0.221 e. The number of hydrogen-bond acceptors (Lipinski definition) is 1. The monoisotopic (exact) mass is 161 g/mol. The van der Waals surface area contributed by atoms with Crippen LogP contribution in [0.4, 0.5) is 0 Å². The van der Waals surface area contributed by atoms with E-state index in [0.717, 1.165) is 6.42 Å². The van der Waals surface area contributed by atoms with Gasteiger partial charge in [0.25, 0.3) is 0 Å². The molecule has 1 saturated carbocycles. The Balaban J connectivity index is 2.11. The number of carbonyl (C=O) groups is 1. The van der Waals surface area contributed by atoms with Gasteiger partial charge in [-0.1, -0.05) is 30.3 Å². The van der Waals surface area contributed by atoms with E-state index in [1.54, 1.807) is 0 Å². The summed E-state index contributed by atoms with van der Waals surface area (Å²) in [7, 11) is 0. The molecule has 0 aliphatic heterocycles. The van der Waals surface area contributed by atoms with E-state index in [4.69, 9.17) is 5.73 Å². The third kappa shape index (κ3) is 1.20. The average molecular weight is 161 g/mol. The van der Waals surface area contributed by atoms with Crippen molar-refractivity contribution in [1.29, 1.82) is 0 Å². The molecule has 0 aromatic heterocycles. The van der Waals surface area contributed by atoms with E-state index in [-0.39, 0.29) is 11.8 Å². The van der Waals surface area contributed by atoms with Crippen LogP contribution in [0.2, 0.25) is 0 Å². The number of nitrogens with two attached hydrogens (primary N) is 1. The van der Waals surface area contributed by atoms with Gasteiger partial charge in [0.05, 0.1) is 0 Å². The Morgan fingerprint density at radius 2 is 2.00 bits per heavy atom. The second-order valence-electron chi connectivity index (χ2n) is 3.26. The molecule has 1 aliphatic carbocycles. The Kier molecular flexibility index (Phi) is 1.61. The highest BCUT2D eigenvalue weighted by Crippen LogP contribution is 2.46. The highest BCUT2D eigenvalue weighted by molar-refractivity contribution is 5.81. The summed E-state index contributed by atoms with van der Waals surface area (Å²) < 4.78 is 0. The van der Waals surface area contributed by atoms with Crippen molar-refractivity contribution in [3.8, 4) is 0 Å². The fraction of sp³-hybridized carbons (Fsp3) is 0.300. The number of amides is 1. The van der Waals surface area contributed by atoms with Crippen LogP contribution in [0.3, 0.4) is 0 Å². The predicted molar refractivity (Wildman–Crippen MR) is 46.5 cm³/mol. The number of primary amides is 1. The first-order valence-electron chi connectivity index (χ1n) is 4.13. The zero-order valence-corrected chi connectivity index (χ0v) is 6.73. The second kappa shape index (κ2) is 2.63. The van der Waals surface area contributed by atoms with Gasteiger partial charge in [0.2, 0.25) is 5.91 Å². The maximum absolute atomic E-state index is 10.8. The van der Waals surface area contributed by atoms with Gasteiger partial charge in [-0.25, -0.2) is 0 Å². The largest absolute Gasteiger partial charge is 0.369 e. The van der Waals surface area contributed by atoms with Crippen LogP contribution < -0.4 is 5.73 Å². The lowest BCUT2D eigenvalue weighted by Gasteiger charge is -1.95. The Hall–Kier alpha value is -1.31. The summed E-state index contributed by atoms with van der Waals surface area (Å²) in [4.78, 5) is 10.8.